The van der Waals surface area contributed by atoms with E-state index < -0.39 is 0 Å². The Hall–Kier alpha value is -1.72. The molecule has 0 radical (unpaired) electrons. The van der Waals surface area contributed by atoms with Gasteiger partial charge in [-0.1, -0.05) is 149 Å². The monoisotopic (exact) mass is 737 g/mol. The zero-order chi connectivity index (χ0) is 31.6. The first-order valence-corrected chi connectivity index (χ1v) is 20.1. The number of hydrogen-bond acceptors (Lipinski definition) is 0. The van der Waals surface area contributed by atoms with Crippen LogP contribution >= 0.6 is 31.9 Å². The maximum absolute atomic E-state index is 3.86. The molecule has 0 fully saturated rings. The van der Waals surface area contributed by atoms with Gasteiger partial charge in [-0.15, -0.1) is 0 Å². The van der Waals surface area contributed by atoms with Crippen molar-refractivity contribution in [1.82, 2.24) is 13.7 Å². The number of unbranched alkanes of at least 4 members (excludes halogenated alkanes) is 15. The predicted molar refractivity (Wildman–Crippen MR) is 206 cm³/mol. The van der Waals surface area contributed by atoms with Crippen LogP contribution in [0.15, 0.2) is 45.3 Å². The standard InChI is InChI=1S/C40H57Br2N3/c1-4-7-10-13-16-19-26-43-36-30-32(42)22-24-33(36)38-39(43)37-34-29-31(41)23-25-35(34)44(27-20-17-14-11-8-5-2)40(37)45(38)28-21-18-15-12-9-6-3/h22-25,29-30H,4-21,26-28H2,1-3H3. The van der Waals surface area contributed by atoms with E-state index in [1.54, 1.807) is 0 Å². The molecule has 0 saturated carbocycles. The fourth-order valence-electron chi connectivity index (χ4n) is 7.59. The number of fused-ring (bicyclic) bond motifs is 7. The van der Waals surface area contributed by atoms with E-state index in [4.69, 9.17) is 0 Å². The SMILES string of the molecule is CCCCCCCCn1c2cc(Br)ccc2c2c1c1c3cc(Br)ccc3n(CCCCCCCC)c1n2CCCCCCCC. The highest BCUT2D eigenvalue weighted by Gasteiger charge is 2.26. The Balaban J connectivity index is 1.64. The molecule has 0 unspecified atom stereocenters. The maximum atomic E-state index is 3.86. The first-order valence-electron chi connectivity index (χ1n) is 18.5. The highest BCUT2D eigenvalue weighted by molar-refractivity contribution is 9.10. The van der Waals surface area contributed by atoms with Gasteiger partial charge in [0.05, 0.1) is 27.5 Å². The molecule has 3 aromatic heterocycles. The average molecular weight is 740 g/mol. The van der Waals surface area contributed by atoms with Crippen LogP contribution in [0.2, 0.25) is 0 Å². The van der Waals surface area contributed by atoms with Gasteiger partial charge in [0.25, 0.3) is 0 Å². The van der Waals surface area contributed by atoms with Gasteiger partial charge in [-0.05, 0) is 55.7 Å². The zero-order valence-electron chi connectivity index (χ0n) is 28.4. The highest BCUT2D eigenvalue weighted by atomic mass is 79.9. The molecule has 2 aromatic carbocycles. The van der Waals surface area contributed by atoms with Gasteiger partial charge in [-0.3, -0.25) is 0 Å². The van der Waals surface area contributed by atoms with Gasteiger partial charge in [0.15, 0.2) is 0 Å². The van der Waals surface area contributed by atoms with Gasteiger partial charge < -0.3 is 13.7 Å². The van der Waals surface area contributed by atoms with Crippen LogP contribution in [0.25, 0.3) is 43.9 Å². The minimum absolute atomic E-state index is 1.08. The van der Waals surface area contributed by atoms with Crippen molar-refractivity contribution in [2.75, 3.05) is 0 Å². The summed E-state index contributed by atoms with van der Waals surface area (Å²) >= 11 is 7.70. The van der Waals surface area contributed by atoms with E-state index in [2.05, 4.69) is 103 Å². The quantitative estimate of drug-likeness (QED) is 0.0666. The van der Waals surface area contributed by atoms with E-state index >= 15 is 0 Å². The van der Waals surface area contributed by atoms with Crippen molar-refractivity contribution in [1.29, 1.82) is 0 Å². The van der Waals surface area contributed by atoms with Crippen LogP contribution in [-0.4, -0.2) is 13.7 Å². The molecule has 5 aromatic rings. The molecule has 0 amide bonds. The molecule has 0 aliphatic rings. The molecule has 5 rings (SSSR count). The molecule has 45 heavy (non-hydrogen) atoms. The molecule has 0 aliphatic heterocycles. The topological polar surface area (TPSA) is 14.8 Å². The molecule has 5 heteroatoms. The summed E-state index contributed by atoms with van der Waals surface area (Å²) in [5.41, 5.74) is 7.15. The van der Waals surface area contributed by atoms with Crippen molar-refractivity contribution in [2.45, 2.75) is 156 Å². The second-order valence-corrected chi connectivity index (χ2v) is 15.3. The molecule has 0 N–H and O–H groups in total. The van der Waals surface area contributed by atoms with Crippen LogP contribution in [0.3, 0.4) is 0 Å². The number of aromatic nitrogens is 3. The van der Waals surface area contributed by atoms with Crippen molar-refractivity contribution < 1.29 is 0 Å². The lowest BCUT2D eigenvalue weighted by Crippen LogP contribution is -2.05. The molecule has 0 spiro atoms. The lowest BCUT2D eigenvalue weighted by atomic mass is 10.1. The summed E-state index contributed by atoms with van der Waals surface area (Å²) in [6.45, 7) is 10.2. The highest BCUT2D eigenvalue weighted by Crippen LogP contribution is 2.43. The maximum Gasteiger partial charge on any atom is 0.123 e. The molecule has 3 nitrogen and oxygen atoms in total. The summed E-state index contributed by atoms with van der Waals surface area (Å²) in [6.07, 6.45) is 23.8. The number of aryl methyl sites for hydroxylation is 3. The largest absolute Gasteiger partial charge is 0.339 e. The fraction of sp³-hybridized carbons (Fsp3) is 0.600. The molecular weight excluding hydrogens is 682 g/mol. The van der Waals surface area contributed by atoms with E-state index in [0.717, 1.165) is 19.6 Å². The van der Waals surface area contributed by atoms with Gasteiger partial charge >= 0.3 is 0 Å². The molecule has 0 atom stereocenters. The Labute approximate surface area is 289 Å². The molecule has 0 saturated heterocycles. The van der Waals surface area contributed by atoms with Gasteiger partial charge in [0.2, 0.25) is 0 Å². The van der Waals surface area contributed by atoms with Gasteiger partial charge in [0.1, 0.15) is 5.65 Å². The molecule has 0 bridgehead atoms. The Morgan fingerprint density at radius 3 is 1.53 bits per heavy atom. The lowest BCUT2D eigenvalue weighted by molar-refractivity contribution is 0.553. The van der Waals surface area contributed by atoms with Crippen LogP contribution in [0.4, 0.5) is 0 Å². The molecular formula is C40H57Br2N3. The number of benzene rings is 2. The van der Waals surface area contributed by atoms with Crippen molar-refractivity contribution >= 4 is 75.7 Å². The first-order chi connectivity index (χ1) is 22.1. The van der Waals surface area contributed by atoms with E-state index in [1.807, 2.05) is 0 Å². The van der Waals surface area contributed by atoms with Crippen molar-refractivity contribution in [3.63, 3.8) is 0 Å². The summed E-state index contributed by atoms with van der Waals surface area (Å²) in [7, 11) is 0. The summed E-state index contributed by atoms with van der Waals surface area (Å²) in [5, 5.41) is 4.29. The van der Waals surface area contributed by atoms with Crippen molar-refractivity contribution in [3.8, 4) is 0 Å². The Kier molecular flexibility index (Phi) is 13.4. The second-order valence-electron chi connectivity index (χ2n) is 13.5. The number of halogens is 2. The van der Waals surface area contributed by atoms with E-state index in [0.29, 0.717) is 0 Å². The third kappa shape index (κ3) is 8.06. The summed E-state index contributed by atoms with van der Waals surface area (Å²) in [5.74, 6) is 0. The van der Waals surface area contributed by atoms with Gasteiger partial charge in [0, 0.05) is 39.4 Å². The molecule has 3 heterocycles. The van der Waals surface area contributed by atoms with Gasteiger partial charge in [-0.2, -0.15) is 0 Å². The Morgan fingerprint density at radius 1 is 0.444 bits per heavy atom. The molecule has 0 aliphatic carbocycles. The number of nitrogens with zero attached hydrogens (tertiary/aromatic N) is 3. The minimum Gasteiger partial charge on any atom is -0.339 e. The van der Waals surface area contributed by atoms with E-state index in [-0.39, 0.29) is 0 Å². The zero-order valence-corrected chi connectivity index (χ0v) is 31.6. The van der Waals surface area contributed by atoms with Crippen LogP contribution in [0, 0.1) is 0 Å². The predicted octanol–water partition coefficient (Wildman–Crippen LogP) is 14.3. The third-order valence-electron chi connectivity index (χ3n) is 9.97. The van der Waals surface area contributed by atoms with Gasteiger partial charge in [-0.25, -0.2) is 0 Å². The lowest BCUT2D eigenvalue weighted by Gasteiger charge is -2.13. The normalized spacial score (nSPS) is 12.2. The Morgan fingerprint density at radius 2 is 0.933 bits per heavy atom. The third-order valence-corrected chi connectivity index (χ3v) is 11.0. The smallest absolute Gasteiger partial charge is 0.123 e. The van der Waals surface area contributed by atoms with Crippen LogP contribution in [0.5, 0.6) is 0 Å². The van der Waals surface area contributed by atoms with Crippen LogP contribution in [0.1, 0.15) is 136 Å². The minimum atomic E-state index is 1.08. The summed E-state index contributed by atoms with van der Waals surface area (Å²) in [4.78, 5) is 0. The summed E-state index contributed by atoms with van der Waals surface area (Å²) in [6, 6.07) is 14.0. The molecule has 246 valence electrons. The average Bonchev–Trinajstić information content (AvgIpc) is 3.63. The number of rotatable bonds is 21. The van der Waals surface area contributed by atoms with Crippen LogP contribution in [-0.2, 0) is 19.6 Å². The van der Waals surface area contributed by atoms with Crippen molar-refractivity contribution in [2.24, 2.45) is 0 Å². The second kappa shape index (κ2) is 17.4. The van der Waals surface area contributed by atoms with Crippen LogP contribution < -0.4 is 0 Å². The number of hydrogen-bond donors (Lipinski definition) is 0. The fourth-order valence-corrected chi connectivity index (χ4v) is 8.30. The van der Waals surface area contributed by atoms with E-state index in [1.165, 1.54) is 168 Å². The van der Waals surface area contributed by atoms with Crippen molar-refractivity contribution in [3.05, 3.63) is 45.3 Å². The Bertz CT molecular complexity index is 1650. The first kappa shape index (κ1) is 34.6. The summed E-state index contributed by atoms with van der Waals surface area (Å²) < 4.78 is 10.5. The van der Waals surface area contributed by atoms with E-state index in [9.17, 15) is 0 Å².